The second-order valence-electron chi connectivity index (χ2n) is 3.76. The number of rotatable bonds is 2. The highest BCUT2D eigenvalue weighted by atomic mass is 16.5. The van der Waals surface area contributed by atoms with Crippen LogP contribution in [0.15, 0.2) is 0 Å². The lowest BCUT2D eigenvalue weighted by Gasteiger charge is -2.33. The minimum absolute atomic E-state index is 0.0469. The normalized spacial score (nSPS) is 26.8. The Balaban J connectivity index is 2.01. The average molecular weight is 184 g/mol. The van der Waals surface area contributed by atoms with E-state index >= 15 is 0 Å². The van der Waals surface area contributed by atoms with E-state index in [2.05, 4.69) is 10.2 Å². The number of nitrogens with zero attached hydrogens (tertiary/aromatic N) is 1. The molecule has 0 aromatic heterocycles. The number of methoxy groups -OCH3 is 1. The van der Waals surface area contributed by atoms with E-state index in [1.807, 2.05) is 0 Å². The minimum atomic E-state index is -0.239. The van der Waals surface area contributed by atoms with Gasteiger partial charge in [-0.05, 0) is 12.8 Å². The molecule has 13 heavy (non-hydrogen) atoms. The molecule has 1 aliphatic heterocycles. The summed E-state index contributed by atoms with van der Waals surface area (Å²) in [4.78, 5) is 13.8. The zero-order chi connectivity index (χ0) is 9.31. The number of nitrogens with one attached hydrogen (secondary N) is 1. The molecule has 0 spiro atoms. The van der Waals surface area contributed by atoms with Crippen LogP contribution in [0, 0.1) is 0 Å². The van der Waals surface area contributed by atoms with Gasteiger partial charge in [0.05, 0.1) is 7.11 Å². The lowest BCUT2D eigenvalue weighted by molar-refractivity contribution is -0.149. The Morgan fingerprint density at radius 3 is 2.46 bits per heavy atom. The minimum Gasteiger partial charge on any atom is -0.468 e. The van der Waals surface area contributed by atoms with Crippen molar-refractivity contribution in [1.82, 2.24) is 10.2 Å². The van der Waals surface area contributed by atoms with Crippen molar-refractivity contribution in [3.63, 3.8) is 0 Å². The first-order valence-electron chi connectivity index (χ1n) is 4.84. The third kappa shape index (κ3) is 1.44. The smallest absolute Gasteiger partial charge is 0.326 e. The molecule has 1 heterocycles. The van der Waals surface area contributed by atoms with E-state index in [-0.39, 0.29) is 11.5 Å². The quantitative estimate of drug-likeness (QED) is 0.593. The first-order valence-corrected chi connectivity index (χ1v) is 4.84. The molecule has 1 N–H and O–H groups in total. The molecule has 0 unspecified atom stereocenters. The van der Waals surface area contributed by atoms with Crippen molar-refractivity contribution in [2.45, 2.75) is 18.4 Å². The summed E-state index contributed by atoms with van der Waals surface area (Å²) >= 11 is 0. The molecule has 1 saturated heterocycles. The second-order valence-corrected chi connectivity index (χ2v) is 3.76. The maximum atomic E-state index is 11.5. The van der Waals surface area contributed by atoms with Crippen molar-refractivity contribution in [1.29, 1.82) is 0 Å². The van der Waals surface area contributed by atoms with E-state index in [4.69, 9.17) is 4.74 Å². The van der Waals surface area contributed by atoms with Crippen molar-refractivity contribution in [2.75, 3.05) is 33.3 Å². The molecule has 0 aromatic carbocycles. The average Bonchev–Trinajstić information content (AvgIpc) is 2.99. The molecular weight excluding hydrogens is 168 g/mol. The zero-order valence-corrected chi connectivity index (χ0v) is 8.01. The second kappa shape index (κ2) is 3.27. The standard InChI is InChI=1S/C9H16N2O2/c1-13-8(12)9(2-3-9)11-6-4-10-5-7-11/h10H,2-7H2,1H3. The van der Waals surface area contributed by atoms with Gasteiger partial charge < -0.3 is 10.1 Å². The predicted octanol–water partition coefficient (Wildman–Crippen LogP) is -0.403. The number of carbonyl (C=O) groups is 1. The van der Waals surface area contributed by atoms with Gasteiger partial charge in [0.1, 0.15) is 5.54 Å². The fraction of sp³-hybridized carbons (Fsp3) is 0.889. The molecule has 2 fully saturated rings. The molecule has 0 atom stereocenters. The summed E-state index contributed by atoms with van der Waals surface area (Å²) in [5.41, 5.74) is -0.239. The molecular formula is C9H16N2O2. The van der Waals surface area contributed by atoms with Crippen molar-refractivity contribution in [3.8, 4) is 0 Å². The molecule has 74 valence electrons. The third-order valence-electron chi connectivity index (χ3n) is 3.01. The molecule has 0 radical (unpaired) electrons. The molecule has 2 rings (SSSR count). The monoisotopic (exact) mass is 184 g/mol. The summed E-state index contributed by atoms with van der Waals surface area (Å²) in [6.07, 6.45) is 1.94. The van der Waals surface area contributed by atoms with Crippen LogP contribution < -0.4 is 5.32 Å². The van der Waals surface area contributed by atoms with E-state index in [1.54, 1.807) is 0 Å². The Bertz CT molecular complexity index is 208. The van der Waals surface area contributed by atoms with E-state index < -0.39 is 0 Å². The van der Waals surface area contributed by atoms with Gasteiger partial charge >= 0.3 is 5.97 Å². The van der Waals surface area contributed by atoms with E-state index in [0.29, 0.717) is 0 Å². The lowest BCUT2D eigenvalue weighted by Crippen LogP contribution is -2.53. The van der Waals surface area contributed by atoms with Crippen molar-refractivity contribution < 1.29 is 9.53 Å². The molecule has 2 aliphatic rings. The van der Waals surface area contributed by atoms with Gasteiger partial charge in [0.2, 0.25) is 0 Å². The molecule has 4 heteroatoms. The fourth-order valence-electron chi connectivity index (χ4n) is 2.05. The molecule has 4 nitrogen and oxygen atoms in total. The fourth-order valence-corrected chi connectivity index (χ4v) is 2.05. The van der Waals surface area contributed by atoms with Crippen LogP contribution >= 0.6 is 0 Å². The number of hydrogen-bond acceptors (Lipinski definition) is 4. The van der Waals surface area contributed by atoms with Crippen molar-refractivity contribution in [2.24, 2.45) is 0 Å². The SMILES string of the molecule is COC(=O)C1(N2CCNCC2)CC1. The summed E-state index contributed by atoms with van der Waals surface area (Å²) in [5, 5.41) is 3.28. The predicted molar refractivity (Wildman–Crippen MR) is 48.4 cm³/mol. The number of ether oxygens (including phenoxy) is 1. The van der Waals surface area contributed by atoms with Gasteiger partial charge in [-0.1, -0.05) is 0 Å². The highest BCUT2D eigenvalue weighted by Gasteiger charge is 2.55. The van der Waals surface area contributed by atoms with Crippen molar-refractivity contribution >= 4 is 5.97 Å². The Morgan fingerprint density at radius 1 is 1.38 bits per heavy atom. The van der Waals surface area contributed by atoms with Gasteiger partial charge in [-0.2, -0.15) is 0 Å². The number of hydrogen-bond donors (Lipinski definition) is 1. The first-order chi connectivity index (χ1) is 6.29. The molecule has 0 amide bonds. The first kappa shape index (κ1) is 8.97. The Hall–Kier alpha value is -0.610. The highest BCUT2D eigenvalue weighted by molar-refractivity contribution is 5.84. The summed E-state index contributed by atoms with van der Waals surface area (Å²) in [7, 11) is 1.48. The van der Waals surface area contributed by atoms with Crippen LogP contribution in [0.5, 0.6) is 0 Å². The summed E-state index contributed by atoms with van der Waals surface area (Å²) in [5.74, 6) is -0.0469. The van der Waals surface area contributed by atoms with E-state index in [1.165, 1.54) is 7.11 Å². The number of esters is 1. The van der Waals surface area contributed by atoms with Gasteiger partial charge in [-0.15, -0.1) is 0 Å². The summed E-state index contributed by atoms with van der Waals surface area (Å²) in [6, 6.07) is 0. The molecule has 0 aromatic rings. The maximum absolute atomic E-state index is 11.5. The van der Waals surface area contributed by atoms with Gasteiger partial charge in [-0.3, -0.25) is 9.69 Å². The van der Waals surface area contributed by atoms with Crippen LogP contribution in [0.2, 0.25) is 0 Å². The van der Waals surface area contributed by atoms with Gasteiger partial charge in [0, 0.05) is 26.2 Å². The van der Waals surface area contributed by atoms with E-state index in [0.717, 1.165) is 39.0 Å². The number of piperazine rings is 1. The van der Waals surface area contributed by atoms with Gasteiger partial charge in [0.25, 0.3) is 0 Å². The van der Waals surface area contributed by atoms with Crippen LogP contribution in [-0.4, -0.2) is 49.7 Å². The van der Waals surface area contributed by atoms with Crippen LogP contribution in [0.1, 0.15) is 12.8 Å². The molecule has 0 bridgehead atoms. The Morgan fingerprint density at radius 2 is 2.00 bits per heavy atom. The van der Waals surface area contributed by atoms with Crippen molar-refractivity contribution in [3.05, 3.63) is 0 Å². The van der Waals surface area contributed by atoms with E-state index in [9.17, 15) is 4.79 Å². The maximum Gasteiger partial charge on any atom is 0.326 e. The Kier molecular flexibility index (Phi) is 2.26. The number of carbonyl (C=O) groups excluding carboxylic acids is 1. The summed E-state index contributed by atoms with van der Waals surface area (Å²) < 4.78 is 4.83. The molecule has 1 aliphatic carbocycles. The summed E-state index contributed by atoms with van der Waals surface area (Å²) in [6.45, 7) is 3.90. The van der Waals surface area contributed by atoms with Gasteiger partial charge in [-0.25, -0.2) is 0 Å². The van der Waals surface area contributed by atoms with Crippen LogP contribution in [0.4, 0.5) is 0 Å². The lowest BCUT2D eigenvalue weighted by atomic mass is 10.2. The third-order valence-corrected chi connectivity index (χ3v) is 3.01. The molecule has 1 saturated carbocycles. The Labute approximate surface area is 78.2 Å². The largest absolute Gasteiger partial charge is 0.468 e. The zero-order valence-electron chi connectivity index (χ0n) is 8.01. The van der Waals surface area contributed by atoms with Crippen LogP contribution in [-0.2, 0) is 9.53 Å². The van der Waals surface area contributed by atoms with Gasteiger partial charge in [0.15, 0.2) is 0 Å². The van der Waals surface area contributed by atoms with Crippen LogP contribution in [0.3, 0.4) is 0 Å². The topological polar surface area (TPSA) is 41.6 Å². The highest BCUT2D eigenvalue weighted by Crippen LogP contribution is 2.42. The van der Waals surface area contributed by atoms with Crippen LogP contribution in [0.25, 0.3) is 0 Å².